The Balaban J connectivity index is 2.47. The summed E-state index contributed by atoms with van der Waals surface area (Å²) in [5.74, 6) is 0.145. The van der Waals surface area contributed by atoms with Gasteiger partial charge in [0, 0.05) is 0 Å². The summed E-state index contributed by atoms with van der Waals surface area (Å²) in [5, 5.41) is 10.1. The molecule has 0 fully saturated rings. The maximum atomic E-state index is 11.5. The summed E-state index contributed by atoms with van der Waals surface area (Å²) in [6.45, 7) is 4.50. The van der Waals surface area contributed by atoms with E-state index in [9.17, 15) is 9.90 Å². The van der Waals surface area contributed by atoms with Gasteiger partial charge in [0.1, 0.15) is 5.75 Å². The predicted octanol–water partition coefficient (Wildman–Crippen LogP) is 7.79. The van der Waals surface area contributed by atoms with Crippen molar-refractivity contribution in [2.45, 2.75) is 117 Å². The van der Waals surface area contributed by atoms with E-state index < -0.39 is 0 Å². The van der Waals surface area contributed by atoms with Crippen molar-refractivity contribution in [1.82, 2.24) is 0 Å². The average molecular weight is 375 g/mol. The highest BCUT2D eigenvalue weighted by Gasteiger charge is 2.12. The van der Waals surface area contributed by atoms with E-state index >= 15 is 0 Å². The van der Waals surface area contributed by atoms with Crippen molar-refractivity contribution in [2.24, 2.45) is 0 Å². The molecule has 0 unspecified atom stereocenters. The van der Waals surface area contributed by atoms with Crippen LogP contribution in [0.1, 0.15) is 125 Å². The maximum absolute atomic E-state index is 11.5. The fourth-order valence-corrected chi connectivity index (χ4v) is 3.89. The molecule has 2 nitrogen and oxygen atoms in total. The monoisotopic (exact) mass is 374 g/mol. The van der Waals surface area contributed by atoms with Gasteiger partial charge in [0.15, 0.2) is 6.29 Å². The van der Waals surface area contributed by atoms with Gasteiger partial charge in [0.05, 0.1) is 5.56 Å². The van der Waals surface area contributed by atoms with Crippen LogP contribution in [0.15, 0.2) is 12.1 Å². The first-order chi connectivity index (χ1) is 13.2. The third-order valence-electron chi connectivity index (χ3n) is 5.63. The number of unbranched alkanes of at least 4 members (excludes halogenated alkanes) is 12. The number of phenols is 1. The number of hydrogen-bond donors (Lipinski definition) is 1. The Hall–Kier alpha value is -1.31. The molecular weight excluding hydrogens is 332 g/mol. The SMILES string of the molecule is CCCCCCCCCc1ccc(O)c(C=O)c1CCCCCCCCC. The van der Waals surface area contributed by atoms with Crippen LogP contribution in [-0.4, -0.2) is 11.4 Å². The Morgan fingerprint density at radius 3 is 1.70 bits per heavy atom. The van der Waals surface area contributed by atoms with Gasteiger partial charge >= 0.3 is 0 Å². The molecule has 0 radical (unpaired) electrons. The van der Waals surface area contributed by atoms with Gasteiger partial charge in [-0.1, -0.05) is 97.0 Å². The Bertz CT molecular complexity index is 507. The second-order valence-electron chi connectivity index (χ2n) is 8.00. The molecule has 0 amide bonds. The lowest BCUT2D eigenvalue weighted by atomic mass is 9.92. The molecule has 1 aromatic carbocycles. The van der Waals surface area contributed by atoms with Crippen molar-refractivity contribution >= 4 is 6.29 Å². The molecule has 0 atom stereocenters. The van der Waals surface area contributed by atoms with Gasteiger partial charge in [-0.15, -0.1) is 0 Å². The smallest absolute Gasteiger partial charge is 0.154 e. The molecule has 0 bridgehead atoms. The minimum Gasteiger partial charge on any atom is -0.507 e. The van der Waals surface area contributed by atoms with Crippen molar-refractivity contribution < 1.29 is 9.90 Å². The molecule has 154 valence electrons. The molecule has 1 aromatic rings. The second-order valence-corrected chi connectivity index (χ2v) is 8.00. The molecule has 2 heteroatoms. The minimum absolute atomic E-state index is 0.145. The first kappa shape index (κ1) is 23.7. The van der Waals surface area contributed by atoms with E-state index in [1.54, 1.807) is 6.07 Å². The van der Waals surface area contributed by atoms with Gasteiger partial charge in [-0.2, -0.15) is 0 Å². The molecule has 0 spiro atoms. The molecule has 27 heavy (non-hydrogen) atoms. The summed E-state index contributed by atoms with van der Waals surface area (Å²) >= 11 is 0. The van der Waals surface area contributed by atoms with Crippen LogP contribution < -0.4 is 0 Å². The normalized spacial score (nSPS) is 11.0. The zero-order valence-electron chi connectivity index (χ0n) is 17.9. The maximum Gasteiger partial charge on any atom is 0.154 e. The second kappa shape index (κ2) is 15.7. The number of aromatic hydroxyl groups is 1. The summed E-state index contributed by atoms with van der Waals surface area (Å²) in [6.07, 6.45) is 20.8. The number of aryl methyl sites for hydroxylation is 1. The quantitative estimate of drug-likeness (QED) is 0.223. The van der Waals surface area contributed by atoms with Crippen LogP contribution in [-0.2, 0) is 12.8 Å². The van der Waals surface area contributed by atoms with Crippen LogP contribution in [0.4, 0.5) is 0 Å². The van der Waals surface area contributed by atoms with Crippen molar-refractivity contribution in [3.05, 3.63) is 28.8 Å². The third-order valence-corrected chi connectivity index (χ3v) is 5.63. The number of benzene rings is 1. The number of hydrogen-bond acceptors (Lipinski definition) is 2. The number of phenolic OH excluding ortho intramolecular Hbond substituents is 1. The molecule has 0 aliphatic heterocycles. The Labute approximate surface area is 167 Å². The Morgan fingerprint density at radius 1 is 0.704 bits per heavy atom. The van der Waals surface area contributed by atoms with Gasteiger partial charge in [0.2, 0.25) is 0 Å². The summed E-state index contributed by atoms with van der Waals surface area (Å²) in [6, 6.07) is 3.74. The zero-order chi connectivity index (χ0) is 19.7. The van der Waals surface area contributed by atoms with Crippen LogP contribution in [0.25, 0.3) is 0 Å². The Kier molecular flexibility index (Phi) is 13.8. The molecule has 0 aromatic heterocycles. The fraction of sp³-hybridized carbons (Fsp3) is 0.720. The Morgan fingerprint density at radius 2 is 1.19 bits per heavy atom. The van der Waals surface area contributed by atoms with Gasteiger partial charge < -0.3 is 5.11 Å². The lowest BCUT2D eigenvalue weighted by Gasteiger charge is -2.14. The van der Waals surface area contributed by atoms with Gasteiger partial charge in [-0.25, -0.2) is 0 Å². The van der Waals surface area contributed by atoms with E-state index in [0.29, 0.717) is 5.56 Å². The average Bonchev–Trinajstić information content (AvgIpc) is 2.68. The van der Waals surface area contributed by atoms with Crippen molar-refractivity contribution in [2.75, 3.05) is 0 Å². The first-order valence-corrected chi connectivity index (χ1v) is 11.5. The van der Waals surface area contributed by atoms with E-state index in [2.05, 4.69) is 13.8 Å². The molecule has 1 N–H and O–H groups in total. The molecule has 0 aliphatic carbocycles. The zero-order valence-corrected chi connectivity index (χ0v) is 17.9. The van der Waals surface area contributed by atoms with Crippen LogP contribution >= 0.6 is 0 Å². The highest BCUT2D eigenvalue weighted by Crippen LogP contribution is 2.26. The third kappa shape index (κ3) is 9.98. The van der Waals surface area contributed by atoms with Crippen LogP contribution in [0.3, 0.4) is 0 Å². The largest absolute Gasteiger partial charge is 0.507 e. The van der Waals surface area contributed by atoms with E-state index in [-0.39, 0.29) is 5.75 Å². The van der Waals surface area contributed by atoms with E-state index in [1.807, 2.05) is 6.07 Å². The predicted molar refractivity (Wildman–Crippen MR) is 117 cm³/mol. The lowest BCUT2D eigenvalue weighted by Crippen LogP contribution is -2.01. The number of rotatable bonds is 17. The number of carbonyl (C=O) groups excluding carboxylic acids is 1. The molecule has 0 saturated heterocycles. The number of aldehydes is 1. The van der Waals surface area contributed by atoms with Crippen molar-refractivity contribution in [3.63, 3.8) is 0 Å². The summed E-state index contributed by atoms with van der Waals surface area (Å²) < 4.78 is 0. The van der Waals surface area contributed by atoms with Gasteiger partial charge in [0.25, 0.3) is 0 Å². The van der Waals surface area contributed by atoms with Crippen molar-refractivity contribution in [1.29, 1.82) is 0 Å². The van der Waals surface area contributed by atoms with E-state index in [0.717, 1.165) is 31.1 Å². The standard InChI is InChI=1S/C25H42O2/c1-3-5-7-9-11-13-15-17-22-19-20-25(27)24(21-26)23(22)18-16-14-12-10-8-6-4-2/h19-21,27H,3-18H2,1-2H3. The fourth-order valence-electron chi connectivity index (χ4n) is 3.89. The molecule has 1 rings (SSSR count). The summed E-state index contributed by atoms with van der Waals surface area (Å²) in [7, 11) is 0. The highest BCUT2D eigenvalue weighted by atomic mass is 16.3. The lowest BCUT2D eigenvalue weighted by molar-refractivity contribution is 0.112. The van der Waals surface area contributed by atoms with E-state index in [1.165, 1.54) is 89.0 Å². The molecular formula is C25H42O2. The van der Waals surface area contributed by atoms with Gasteiger partial charge in [-0.05, 0) is 42.9 Å². The van der Waals surface area contributed by atoms with Crippen molar-refractivity contribution in [3.8, 4) is 5.75 Å². The first-order valence-electron chi connectivity index (χ1n) is 11.5. The molecule has 0 saturated carbocycles. The van der Waals surface area contributed by atoms with Gasteiger partial charge in [-0.3, -0.25) is 4.79 Å². The topological polar surface area (TPSA) is 37.3 Å². The van der Waals surface area contributed by atoms with Crippen LogP contribution in [0, 0.1) is 0 Å². The molecule has 0 aliphatic rings. The molecule has 0 heterocycles. The highest BCUT2D eigenvalue weighted by molar-refractivity contribution is 5.82. The number of carbonyl (C=O) groups is 1. The summed E-state index contributed by atoms with van der Waals surface area (Å²) in [4.78, 5) is 11.5. The van der Waals surface area contributed by atoms with Crippen LogP contribution in [0.2, 0.25) is 0 Å². The minimum atomic E-state index is 0.145. The van der Waals surface area contributed by atoms with Crippen LogP contribution in [0.5, 0.6) is 5.75 Å². The van der Waals surface area contributed by atoms with E-state index in [4.69, 9.17) is 0 Å². The summed E-state index contributed by atoms with van der Waals surface area (Å²) in [5.41, 5.74) is 2.90.